The van der Waals surface area contributed by atoms with Crippen molar-refractivity contribution >= 4 is 0 Å². The first-order valence-electron chi connectivity index (χ1n) is 6.13. The topological polar surface area (TPSA) is 72.4 Å². The first kappa shape index (κ1) is 14.7. The van der Waals surface area contributed by atoms with Gasteiger partial charge in [0.15, 0.2) is 0 Å². The Morgan fingerprint density at radius 3 is 2.56 bits per heavy atom. The molecule has 0 atom stereocenters. The highest BCUT2D eigenvalue weighted by molar-refractivity contribution is 5.34. The van der Waals surface area contributed by atoms with Crippen LogP contribution in [0.5, 0.6) is 0 Å². The van der Waals surface area contributed by atoms with Gasteiger partial charge in [-0.3, -0.25) is 4.90 Å². The van der Waals surface area contributed by atoms with E-state index in [4.69, 9.17) is 15.5 Å². The molecule has 0 spiro atoms. The molecule has 100 valence electrons. The van der Waals surface area contributed by atoms with Crippen LogP contribution in [0.15, 0.2) is 6.07 Å². The zero-order chi connectivity index (χ0) is 13.5. The van der Waals surface area contributed by atoms with E-state index >= 15 is 0 Å². The van der Waals surface area contributed by atoms with Crippen LogP contribution in [0.3, 0.4) is 0 Å². The molecule has 2 N–H and O–H groups in total. The number of nitrogens with zero attached hydrogens (tertiary/aromatic N) is 3. The van der Waals surface area contributed by atoms with Crippen molar-refractivity contribution in [3.63, 3.8) is 0 Å². The van der Waals surface area contributed by atoms with Gasteiger partial charge in [0.1, 0.15) is 11.8 Å². The maximum atomic E-state index is 9.03. The SMILES string of the molecule is Cc1c(CN(CCO)CCCO)cc(C#N)n1C. The second kappa shape index (κ2) is 7.17. The molecule has 0 unspecified atom stereocenters. The van der Waals surface area contributed by atoms with Crippen LogP contribution in [-0.2, 0) is 13.6 Å². The van der Waals surface area contributed by atoms with Crippen LogP contribution in [-0.4, -0.2) is 46.0 Å². The number of aliphatic hydroxyl groups excluding tert-OH is 2. The van der Waals surface area contributed by atoms with E-state index in [-0.39, 0.29) is 13.2 Å². The minimum Gasteiger partial charge on any atom is -0.396 e. The summed E-state index contributed by atoms with van der Waals surface area (Å²) in [5.74, 6) is 0. The minimum absolute atomic E-state index is 0.0996. The number of nitriles is 1. The molecule has 1 heterocycles. The van der Waals surface area contributed by atoms with E-state index in [2.05, 4.69) is 11.0 Å². The molecule has 5 heteroatoms. The number of aromatic nitrogens is 1. The van der Waals surface area contributed by atoms with Gasteiger partial charge in [-0.15, -0.1) is 0 Å². The highest BCUT2D eigenvalue weighted by Crippen LogP contribution is 2.15. The average molecular weight is 251 g/mol. The normalized spacial score (nSPS) is 10.9. The van der Waals surface area contributed by atoms with Gasteiger partial charge < -0.3 is 14.8 Å². The fraction of sp³-hybridized carbons (Fsp3) is 0.615. The molecule has 0 saturated carbocycles. The largest absolute Gasteiger partial charge is 0.396 e. The van der Waals surface area contributed by atoms with Crippen LogP contribution in [0.25, 0.3) is 0 Å². The van der Waals surface area contributed by atoms with Gasteiger partial charge in [0.25, 0.3) is 0 Å². The Hall–Kier alpha value is -1.35. The molecule has 18 heavy (non-hydrogen) atoms. The molecule has 0 aromatic carbocycles. The van der Waals surface area contributed by atoms with Crippen molar-refractivity contribution in [3.05, 3.63) is 23.0 Å². The van der Waals surface area contributed by atoms with Crippen LogP contribution in [0.4, 0.5) is 0 Å². The molecule has 0 amide bonds. The lowest BCUT2D eigenvalue weighted by Gasteiger charge is -2.20. The summed E-state index contributed by atoms with van der Waals surface area (Å²) in [6.07, 6.45) is 0.691. The maximum Gasteiger partial charge on any atom is 0.120 e. The van der Waals surface area contributed by atoms with Crippen LogP contribution < -0.4 is 0 Å². The lowest BCUT2D eigenvalue weighted by Crippen LogP contribution is -2.28. The van der Waals surface area contributed by atoms with Crippen molar-refractivity contribution in [1.82, 2.24) is 9.47 Å². The van der Waals surface area contributed by atoms with E-state index in [1.807, 2.05) is 24.6 Å². The van der Waals surface area contributed by atoms with Gasteiger partial charge in [0.05, 0.1) is 6.61 Å². The molecule has 5 nitrogen and oxygen atoms in total. The van der Waals surface area contributed by atoms with Gasteiger partial charge >= 0.3 is 0 Å². The summed E-state index contributed by atoms with van der Waals surface area (Å²) < 4.78 is 1.87. The van der Waals surface area contributed by atoms with E-state index in [9.17, 15) is 0 Å². The fourth-order valence-electron chi connectivity index (χ4n) is 1.98. The van der Waals surface area contributed by atoms with Gasteiger partial charge in [0, 0.05) is 39.0 Å². The predicted octanol–water partition coefficient (Wildman–Crippen LogP) is 0.382. The molecule has 0 fully saturated rings. The number of aliphatic hydroxyl groups is 2. The molecule has 1 aromatic heterocycles. The van der Waals surface area contributed by atoms with E-state index < -0.39 is 0 Å². The van der Waals surface area contributed by atoms with Crippen molar-refractivity contribution in [2.75, 3.05) is 26.3 Å². The van der Waals surface area contributed by atoms with E-state index in [1.54, 1.807) is 0 Å². The summed E-state index contributed by atoms with van der Waals surface area (Å²) in [6, 6.07) is 4.05. The molecule has 0 radical (unpaired) electrons. The number of hydrogen-bond acceptors (Lipinski definition) is 4. The van der Waals surface area contributed by atoms with Crippen molar-refractivity contribution in [1.29, 1.82) is 5.26 Å². The maximum absolute atomic E-state index is 9.03. The van der Waals surface area contributed by atoms with Crippen LogP contribution in [0.1, 0.15) is 23.4 Å². The van der Waals surface area contributed by atoms with Gasteiger partial charge in [-0.2, -0.15) is 5.26 Å². The van der Waals surface area contributed by atoms with Gasteiger partial charge in [-0.1, -0.05) is 0 Å². The minimum atomic E-state index is 0.0996. The summed E-state index contributed by atoms with van der Waals surface area (Å²) in [7, 11) is 1.88. The first-order valence-corrected chi connectivity index (χ1v) is 6.13. The van der Waals surface area contributed by atoms with Gasteiger partial charge in [-0.25, -0.2) is 0 Å². The van der Waals surface area contributed by atoms with Crippen molar-refractivity contribution in [2.24, 2.45) is 7.05 Å². The molecule has 1 rings (SSSR count). The lowest BCUT2D eigenvalue weighted by atomic mass is 10.2. The standard InChI is InChI=1S/C13H21N3O2/c1-11-12(8-13(9-14)15(11)2)10-16(5-7-18)4-3-6-17/h8,17-18H,3-7,10H2,1-2H3. The molecule has 0 bridgehead atoms. The molecular formula is C13H21N3O2. The summed E-state index contributed by atoms with van der Waals surface area (Å²) in [5.41, 5.74) is 2.81. The van der Waals surface area contributed by atoms with E-state index in [1.165, 1.54) is 0 Å². The summed E-state index contributed by atoms with van der Waals surface area (Å²) >= 11 is 0. The molecule has 0 aliphatic rings. The van der Waals surface area contributed by atoms with Crippen molar-refractivity contribution in [2.45, 2.75) is 19.9 Å². The Balaban J connectivity index is 2.77. The first-order chi connectivity index (χ1) is 8.63. The third-order valence-corrected chi connectivity index (χ3v) is 3.20. The molecule has 0 saturated heterocycles. The predicted molar refractivity (Wildman–Crippen MR) is 68.9 cm³/mol. The van der Waals surface area contributed by atoms with E-state index in [0.29, 0.717) is 25.2 Å². The van der Waals surface area contributed by atoms with Crippen molar-refractivity contribution in [3.8, 4) is 6.07 Å². The monoisotopic (exact) mass is 251 g/mol. The summed E-state index contributed by atoms with van der Waals surface area (Å²) in [6.45, 7) is 4.26. The van der Waals surface area contributed by atoms with Gasteiger partial charge in [-0.05, 0) is 25.0 Å². The molecule has 0 aliphatic carbocycles. The zero-order valence-electron chi connectivity index (χ0n) is 11.1. The Morgan fingerprint density at radius 2 is 2.06 bits per heavy atom. The number of rotatable bonds is 7. The van der Waals surface area contributed by atoms with Gasteiger partial charge in [0.2, 0.25) is 0 Å². The van der Waals surface area contributed by atoms with Crippen LogP contribution >= 0.6 is 0 Å². The quantitative estimate of drug-likeness (QED) is 0.735. The summed E-state index contributed by atoms with van der Waals surface area (Å²) in [4.78, 5) is 2.08. The highest BCUT2D eigenvalue weighted by atomic mass is 16.3. The van der Waals surface area contributed by atoms with Crippen LogP contribution in [0.2, 0.25) is 0 Å². The Bertz CT molecular complexity index is 421. The average Bonchev–Trinajstić information content (AvgIpc) is 2.64. The molecule has 0 aliphatic heterocycles. The smallest absolute Gasteiger partial charge is 0.120 e. The van der Waals surface area contributed by atoms with Crippen LogP contribution in [0, 0.1) is 18.3 Å². The highest BCUT2D eigenvalue weighted by Gasteiger charge is 2.12. The second-order valence-corrected chi connectivity index (χ2v) is 4.39. The lowest BCUT2D eigenvalue weighted by molar-refractivity contribution is 0.174. The fourth-order valence-corrected chi connectivity index (χ4v) is 1.98. The number of hydrogen-bond donors (Lipinski definition) is 2. The summed E-state index contributed by atoms with van der Waals surface area (Å²) in [5, 5.41) is 26.9. The Labute approximate surface area is 108 Å². The second-order valence-electron chi connectivity index (χ2n) is 4.39. The third kappa shape index (κ3) is 3.57. The van der Waals surface area contributed by atoms with E-state index in [0.717, 1.165) is 17.8 Å². The molecular weight excluding hydrogens is 230 g/mol. The molecule has 1 aromatic rings. The third-order valence-electron chi connectivity index (χ3n) is 3.20. The Morgan fingerprint density at radius 1 is 1.33 bits per heavy atom. The Kier molecular flexibility index (Phi) is 5.86. The zero-order valence-corrected chi connectivity index (χ0v) is 11.1. The van der Waals surface area contributed by atoms with Crippen molar-refractivity contribution < 1.29 is 10.2 Å².